The number of carboxylic acid groups (broad SMARTS) is 1. The average Bonchev–Trinajstić information content (AvgIpc) is 2.08. The number of carboxylic acids is 1. The Morgan fingerprint density at radius 1 is 1.69 bits per heavy atom. The quantitative estimate of drug-likeness (QED) is 0.877. The Morgan fingerprint density at radius 2 is 2.38 bits per heavy atom. The number of methoxy groups -OCH3 is 1. The molecular weight excluding hydrogens is 238 g/mol. The summed E-state index contributed by atoms with van der Waals surface area (Å²) in [6.45, 7) is 0. The average molecular weight is 246 g/mol. The molecule has 1 rings (SSSR count). The van der Waals surface area contributed by atoms with Crippen molar-refractivity contribution in [3.63, 3.8) is 0 Å². The number of ether oxygens (including phenoxy) is 1. The second kappa shape index (κ2) is 4.23. The van der Waals surface area contributed by atoms with E-state index in [2.05, 4.69) is 20.9 Å². The van der Waals surface area contributed by atoms with Crippen LogP contribution in [0.25, 0.3) is 0 Å². The third kappa shape index (κ3) is 2.42. The fourth-order valence-corrected chi connectivity index (χ4v) is 1.40. The van der Waals surface area contributed by atoms with Gasteiger partial charge in [-0.05, 0) is 15.9 Å². The van der Waals surface area contributed by atoms with Gasteiger partial charge in [-0.1, -0.05) is 0 Å². The normalized spacial score (nSPS) is 9.69. The molecule has 0 radical (unpaired) electrons. The minimum absolute atomic E-state index is 0.0771. The van der Waals surface area contributed by atoms with E-state index in [-0.39, 0.29) is 6.42 Å². The molecule has 13 heavy (non-hydrogen) atoms. The highest BCUT2D eigenvalue weighted by atomic mass is 79.9. The van der Waals surface area contributed by atoms with Crippen molar-refractivity contribution in [2.75, 3.05) is 7.11 Å². The molecule has 0 amide bonds. The second-order valence-corrected chi connectivity index (χ2v) is 3.23. The van der Waals surface area contributed by atoms with Gasteiger partial charge < -0.3 is 9.84 Å². The number of nitrogens with zero attached hydrogens (tertiary/aromatic N) is 1. The minimum Gasteiger partial charge on any atom is -0.495 e. The number of aliphatic carboxylic acids is 1. The van der Waals surface area contributed by atoms with Gasteiger partial charge in [0, 0.05) is 16.2 Å². The summed E-state index contributed by atoms with van der Waals surface area (Å²) in [4.78, 5) is 14.4. The number of halogens is 1. The van der Waals surface area contributed by atoms with Crippen molar-refractivity contribution in [2.24, 2.45) is 0 Å². The van der Waals surface area contributed by atoms with Crippen LogP contribution < -0.4 is 4.74 Å². The molecule has 0 aliphatic carbocycles. The van der Waals surface area contributed by atoms with Gasteiger partial charge >= 0.3 is 5.97 Å². The molecule has 0 saturated heterocycles. The molecule has 1 aromatic rings. The summed E-state index contributed by atoms with van der Waals surface area (Å²) in [5.41, 5.74) is 0.602. The predicted molar refractivity (Wildman–Crippen MR) is 49.8 cm³/mol. The van der Waals surface area contributed by atoms with Gasteiger partial charge in [0.05, 0.1) is 19.7 Å². The molecule has 1 N–H and O–H groups in total. The van der Waals surface area contributed by atoms with Crippen LogP contribution >= 0.6 is 15.9 Å². The fraction of sp³-hybridized carbons (Fsp3) is 0.250. The van der Waals surface area contributed by atoms with Gasteiger partial charge in [-0.3, -0.25) is 9.78 Å². The lowest BCUT2D eigenvalue weighted by Gasteiger charge is -2.06. The summed E-state index contributed by atoms with van der Waals surface area (Å²) in [6, 6.07) is 0. The summed E-state index contributed by atoms with van der Waals surface area (Å²) in [5.74, 6) is -0.415. The Hall–Kier alpha value is -1.10. The molecule has 0 atom stereocenters. The van der Waals surface area contributed by atoms with Crippen LogP contribution in [0.2, 0.25) is 0 Å². The molecule has 0 saturated carbocycles. The van der Waals surface area contributed by atoms with Gasteiger partial charge in [-0.15, -0.1) is 0 Å². The second-order valence-electron chi connectivity index (χ2n) is 2.37. The van der Waals surface area contributed by atoms with Gasteiger partial charge in [-0.2, -0.15) is 0 Å². The first-order valence-corrected chi connectivity index (χ1v) is 4.32. The topological polar surface area (TPSA) is 59.4 Å². The fourth-order valence-electron chi connectivity index (χ4n) is 0.943. The molecule has 5 heteroatoms. The van der Waals surface area contributed by atoms with Gasteiger partial charge in [0.1, 0.15) is 5.75 Å². The van der Waals surface area contributed by atoms with E-state index >= 15 is 0 Å². The largest absolute Gasteiger partial charge is 0.495 e. The van der Waals surface area contributed by atoms with Crippen molar-refractivity contribution in [1.82, 2.24) is 4.98 Å². The maximum Gasteiger partial charge on any atom is 0.308 e. The van der Waals surface area contributed by atoms with Crippen molar-refractivity contribution in [1.29, 1.82) is 0 Å². The molecule has 70 valence electrons. The predicted octanol–water partition coefficient (Wildman–Crippen LogP) is 1.48. The standard InChI is InChI=1S/C8H8BrNO3/c1-13-7-4-10-3-6(9)5(7)2-8(11)12/h3-4H,2H2,1H3,(H,11,12). The van der Waals surface area contributed by atoms with Crippen LogP contribution in [-0.2, 0) is 11.2 Å². The van der Waals surface area contributed by atoms with E-state index in [1.165, 1.54) is 13.3 Å². The van der Waals surface area contributed by atoms with Crippen molar-refractivity contribution in [2.45, 2.75) is 6.42 Å². The summed E-state index contributed by atoms with van der Waals surface area (Å²) in [7, 11) is 1.48. The first-order valence-electron chi connectivity index (χ1n) is 3.53. The Kier molecular flexibility index (Phi) is 3.25. The van der Waals surface area contributed by atoms with Crippen LogP contribution in [0.15, 0.2) is 16.9 Å². The first kappa shape index (κ1) is 9.98. The Bertz CT molecular complexity index is 327. The lowest BCUT2D eigenvalue weighted by Crippen LogP contribution is -2.03. The van der Waals surface area contributed by atoms with E-state index < -0.39 is 5.97 Å². The van der Waals surface area contributed by atoms with E-state index in [1.807, 2.05) is 0 Å². The van der Waals surface area contributed by atoms with Gasteiger partial charge in [0.15, 0.2) is 0 Å². The van der Waals surface area contributed by atoms with Crippen molar-refractivity contribution in [3.8, 4) is 5.75 Å². The molecule has 0 fully saturated rings. The molecule has 0 bridgehead atoms. The maximum absolute atomic E-state index is 10.5. The molecule has 0 spiro atoms. The number of pyridine rings is 1. The third-order valence-corrected chi connectivity index (χ3v) is 2.20. The summed E-state index contributed by atoms with van der Waals surface area (Å²) < 4.78 is 5.62. The molecular formula is C8H8BrNO3. The highest BCUT2D eigenvalue weighted by Gasteiger charge is 2.11. The highest BCUT2D eigenvalue weighted by molar-refractivity contribution is 9.10. The monoisotopic (exact) mass is 245 g/mol. The summed E-state index contributed by atoms with van der Waals surface area (Å²) in [5, 5.41) is 8.61. The Morgan fingerprint density at radius 3 is 2.92 bits per heavy atom. The minimum atomic E-state index is -0.898. The molecule has 0 unspecified atom stereocenters. The maximum atomic E-state index is 10.5. The van der Waals surface area contributed by atoms with Crippen LogP contribution in [0.3, 0.4) is 0 Å². The zero-order valence-electron chi connectivity index (χ0n) is 6.95. The summed E-state index contributed by atoms with van der Waals surface area (Å²) in [6.07, 6.45) is 2.95. The van der Waals surface area contributed by atoms with E-state index in [0.29, 0.717) is 15.8 Å². The zero-order chi connectivity index (χ0) is 9.84. The number of carbonyl (C=O) groups is 1. The van der Waals surface area contributed by atoms with Gasteiger partial charge in [0.25, 0.3) is 0 Å². The van der Waals surface area contributed by atoms with Crippen molar-refractivity contribution < 1.29 is 14.6 Å². The number of rotatable bonds is 3. The lowest BCUT2D eigenvalue weighted by molar-refractivity contribution is -0.136. The van der Waals surface area contributed by atoms with E-state index in [4.69, 9.17) is 9.84 Å². The first-order chi connectivity index (χ1) is 6.15. The van der Waals surface area contributed by atoms with Gasteiger partial charge in [-0.25, -0.2) is 0 Å². The van der Waals surface area contributed by atoms with Gasteiger partial charge in [0.2, 0.25) is 0 Å². The molecule has 0 aliphatic heterocycles. The number of hydrogen-bond acceptors (Lipinski definition) is 3. The van der Waals surface area contributed by atoms with E-state index in [0.717, 1.165) is 0 Å². The van der Waals surface area contributed by atoms with Crippen LogP contribution in [0.1, 0.15) is 5.56 Å². The van der Waals surface area contributed by atoms with Crippen LogP contribution in [0, 0.1) is 0 Å². The molecule has 1 heterocycles. The zero-order valence-corrected chi connectivity index (χ0v) is 8.54. The molecule has 1 aromatic heterocycles. The van der Waals surface area contributed by atoms with Crippen LogP contribution in [0.4, 0.5) is 0 Å². The highest BCUT2D eigenvalue weighted by Crippen LogP contribution is 2.25. The SMILES string of the molecule is COc1cncc(Br)c1CC(=O)O. The third-order valence-electron chi connectivity index (χ3n) is 1.51. The van der Waals surface area contributed by atoms with E-state index in [9.17, 15) is 4.79 Å². The van der Waals surface area contributed by atoms with Crippen LogP contribution in [-0.4, -0.2) is 23.2 Å². The smallest absolute Gasteiger partial charge is 0.308 e. The lowest BCUT2D eigenvalue weighted by atomic mass is 10.2. The Balaban J connectivity index is 3.07. The van der Waals surface area contributed by atoms with Crippen LogP contribution in [0.5, 0.6) is 5.75 Å². The molecule has 0 aromatic carbocycles. The number of hydrogen-bond donors (Lipinski definition) is 1. The number of aromatic nitrogens is 1. The Labute approximate surface area is 83.7 Å². The summed E-state index contributed by atoms with van der Waals surface area (Å²) >= 11 is 3.21. The van der Waals surface area contributed by atoms with E-state index in [1.54, 1.807) is 6.20 Å². The molecule has 4 nitrogen and oxygen atoms in total. The molecule has 0 aliphatic rings. The van der Waals surface area contributed by atoms with Crippen molar-refractivity contribution >= 4 is 21.9 Å². The van der Waals surface area contributed by atoms with Crippen molar-refractivity contribution in [3.05, 3.63) is 22.4 Å².